The van der Waals surface area contributed by atoms with Crippen molar-refractivity contribution in [3.05, 3.63) is 12.2 Å². The molecule has 0 radical (unpaired) electrons. The summed E-state index contributed by atoms with van der Waals surface area (Å²) in [6.45, 7) is 6.59. The predicted octanol–water partition coefficient (Wildman–Crippen LogP) is 15.0. The van der Waals surface area contributed by atoms with Crippen molar-refractivity contribution >= 4 is 17.9 Å². The lowest BCUT2D eigenvalue weighted by Crippen LogP contribution is -2.30. The number of esters is 3. The molecule has 0 N–H and O–H groups in total. The lowest BCUT2D eigenvalue weighted by molar-refractivity contribution is -0.167. The van der Waals surface area contributed by atoms with Crippen LogP contribution in [0.2, 0.25) is 0 Å². The highest BCUT2D eigenvalue weighted by Crippen LogP contribution is 2.15. The molecule has 0 aromatic heterocycles. The molecule has 0 rings (SSSR count). The van der Waals surface area contributed by atoms with Gasteiger partial charge in [-0.1, -0.05) is 206 Å². The smallest absolute Gasteiger partial charge is 0.306 e. The molecule has 0 aliphatic rings. The van der Waals surface area contributed by atoms with Crippen molar-refractivity contribution in [3.63, 3.8) is 0 Å². The highest BCUT2D eigenvalue weighted by molar-refractivity contribution is 5.71. The summed E-state index contributed by atoms with van der Waals surface area (Å²) < 4.78 is 16.7. The molecule has 54 heavy (non-hydrogen) atoms. The molecular formula is C48H90O6. The molecule has 0 spiro atoms. The van der Waals surface area contributed by atoms with E-state index < -0.39 is 6.10 Å². The molecule has 6 heteroatoms. The first-order valence-corrected chi connectivity index (χ1v) is 23.7. The molecule has 0 aromatic carbocycles. The number of unbranched alkanes of at least 4 members (excludes halogenated alkanes) is 30. The first-order valence-electron chi connectivity index (χ1n) is 23.7. The van der Waals surface area contributed by atoms with Crippen LogP contribution < -0.4 is 0 Å². The Kier molecular flexibility index (Phi) is 42.4. The highest BCUT2D eigenvalue weighted by atomic mass is 16.6. The van der Waals surface area contributed by atoms with E-state index in [-0.39, 0.29) is 31.1 Å². The molecule has 0 aliphatic carbocycles. The van der Waals surface area contributed by atoms with E-state index >= 15 is 0 Å². The molecule has 0 saturated heterocycles. The van der Waals surface area contributed by atoms with Gasteiger partial charge in [0.05, 0.1) is 0 Å². The van der Waals surface area contributed by atoms with Crippen molar-refractivity contribution in [1.29, 1.82) is 0 Å². The van der Waals surface area contributed by atoms with Crippen molar-refractivity contribution in [3.8, 4) is 0 Å². The van der Waals surface area contributed by atoms with Gasteiger partial charge < -0.3 is 14.2 Å². The number of hydrogen-bond donors (Lipinski definition) is 0. The maximum absolute atomic E-state index is 12.7. The second-order valence-corrected chi connectivity index (χ2v) is 16.0. The first kappa shape index (κ1) is 52.2. The molecule has 6 nitrogen and oxygen atoms in total. The highest BCUT2D eigenvalue weighted by Gasteiger charge is 2.19. The zero-order valence-corrected chi connectivity index (χ0v) is 36.3. The van der Waals surface area contributed by atoms with E-state index in [4.69, 9.17) is 14.2 Å². The van der Waals surface area contributed by atoms with Crippen LogP contribution in [0, 0.1) is 0 Å². The van der Waals surface area contributed by atoms with Gasteiger partial charge in [0.15, 0.2) is 6.10 Å². The quantitative estimate of drug-likeness (QED) is 0.0266. The number of ether oxygens (including phenoxy) is 3. The largest absolute Gasteiger partial charge is 0.462 e. The first-order chi connectivity index (χ1) is 26.5. The van der Waals surface area contributed by atoms with E-state index in [1.165, 1.54) is 161 Å². The zero-order valence-electron chi connectivity index (χ0n) is 36.3. The van der Waals surface area contributed by atoms with Gasteiger partial charge >= 0.3 is 17.9 Å². The normalized spacial score (nSPS) is 12.0. The molecule has 318 valence electrons. The number of carbonyl (C=O) groups excluding carboxylic acids is 3. The summed E-state index contributed by atoms with van der Waals surface area (Å²) in [6.07, 6.45) is 46.4. The second-order valence-electron chi connectivity index (χ2n) is 16.0. The summed E-state index contributed by atoms with van der Waals surface area (Å²) in [5.41, 5.74) is 0. The third-order valence-electron chi connectivity index (χ3n) is 10.5. The van der Waals surface area contributed by atoms with Crippen molar-refractivity contribution in [2.45, 2.75) is 264 Å². The number of carbonyl (C=O) groups is 3. The van der Waals surface area contributed by atoms with E-state index in [9.17, 15) is 14.4 Å². The van der Waals surface area contributed by atoms with Gasteiger partial charge in [0.2, 0.25) is 0 Å². The van der Waals surface area contributed by atoms with Gasteiger partial charge in [-0.05, 0) is 44.9 Å². The van der Waals surface area contributed by atoms with Crippen molar-refractivity contribution in [2.75, 3.05) is 13.2 Å². The maximum Gasteiger partial charge on any atom is 0.306 e. The Morgan fingerprint density at radius 1 is 0.352 bits per heavy atom. The van der Waals surface area contributed by atoms with Crippen LogP contribution in [0.4, 0.5) is 0 Å². The van der Waals surface area contributed by atoms with Crippen molar-refractivity contribution in [1.82, 2.24) is 0 Å². The standard InChI is InChI=1S/C48H90O6/c1-4-7-10-13-16-18-20-21-22-23-24-25-26-27-28-30-32-35-38-41-47(50)53-44-45(43-52-46(49)40-37-34-31-15-12-9-6-3)54-48(51)42-39-36-33-29-19-17-14-11-8-5-2/h21-22,45H,4-20,23-44H2,1-3H3/b22-21-. The van der Waals surface area contributed by atoms with Crippen LogP contribution in [0.25, 0.3) is 0 Å². The zero-order chi connectivity index (χ0) is 39.4. The fraction of sp³-hybridized carbons (Fsp3) is 0.896. The third kappa shape index (κ3) is 41.3. The minimum absolute atomic E-state index is 0.0671. The molecule has 0 amide bonds. The van der Waals surface area contributed by atoms with Gasteiger partial charge in [0, 0.05) is 19.3 Å². The summed E-state index contributed by atoms with van der Waals surface area (Å²) in [5, 5.41) is 0. The summed E-state index contributed by atoms with van der Waals surface area (Å²) >= 11 is 0. The van der Waals surface area contributed by atoms with E-state index in [0.29, 0.717) is 19.3 Å². The van der Waals surface area contributed by atoms with Crippen LogP contribution in [0.3, 0.4) is 0 Å². The van der Waals surface area contributed by atoms with Gasteiger partial charge in [-0.15, -0.1) is 0 Å². The van der Waals surface area contributed by atoms with E-state index in [1.807, 2.05) is 0 Å². The summed E-state index contributed by atoms with van der Waals surface area (Å²) in [6, 6.07) is 0. The second kappa shape index (κ2) is 43.9. The molecule has 0 heterocycles. The Morgan fingerprint density at radius 2 is 0.611 bits per heavy atom. The van der Waals surface area contributed by atoms with Gasteiger partial charge in [0.25, 0.3) is 0 Å². The Labute approximate surface area is 335 Å². The van der Waals surface area contributed by atoms with Crippen molar-refractivity contribution in [2.24, 2.45) is 0 Å². The van der Waals surface area contributed by atoms with Gasteiger partial charge in [0.1, 0.15) is 13.2 Å². The lowest BCUT2D eigenvalue weighted by Gasteiger charge is -2.18. The van der Waals surface area contributed by atoms with E-state index in [1.54, 1.807) is 0 Å². The van der Waals surface area contributed by atoms with Crippen LogP contribution in [-0.4, -0.2) is 37.2 Å². The van der Waals surface area contributed by atoms with Crippen LogP contribution >= 0.6 is 0 Å². The third-order valence-corrected chi connectivity index (χ3v) is 10.5. The maximum atomic E-state index is 12.7. The molecule has 0 aliphatic heterocycles. The Morgan fingerprint density at radius 3 is 0.926 bits per heavy atom. The minimum Gasteiger partial charge on any atom is -0.462 e. The summed E-state index contributed by atoms with van der Waals surface area (Å²) in [4.78, 5) is 37.6. The van der Waals surface area contributed by atoms with Crippen LogP contribution in [0.15, 0.2) is 12.2 Å². The molecule has 0 bridgehead atoms. The van der Waals surface area contributed by atoms with Gasteiger partial charge in [-0.3, -0.25) is 14.4 Å². The van der Waals surface area contributed by atoms with Gasteiger partial charge in [-0.25, -0.2) is 0 Å². The molecular weight excluding hydrogens is 673 g/mol. The van der Waals surface area contributed by atoms with Crippen LogP contribution in [0.5, 0.6) is 0 Å². The minimum atomic E-state index is -0.760. The Balaban J connectivity index is 4.17. The fourth-order valence-electron chi connectivity index (χ4n) is 6.91. The lowest BCUT2D eigenvalue weighted by atomic mass is 10.1. The summed E-state index contributed by atoms with van der Waals surface area (Å²) in [7, 11) is 0. The number of hydrogen-bond acceptors (Lipinski definition) is 6. The number of allylic oxidation sites excluding steroid dienone is 2. The van der Waals surface area contributed by atoms with E-state index in [2.05, 4.69) is 32.9 Å². The summed E-state index contributed by atoms with van der Waals surface area (Å²) in [5.74, 6) is -0.868. The van der Waals surface area contributed by atoms with Gasteiger partial charge in [-0.2, -0.15) is 0 Å². The Bertz CT molecular complexity index is 839. The topological polar surface area (TPSA) is 78.9 Å². The molecule has 0 aromatic rings. The van der Waals surface area contributed by atoms with Crippen LogP contribution in [-0.2, 0) is 28.6 Å². The predicted molar refractivity (Wildman–Crippen MR) is 229 cm³/mol. The van der Waals surface area contributed by atoms with Crippen molar-refractivity contribution < 1.29 is 28.6 Å². The van der Waals surface area contributed by atoms with E-state index in [0.717, 1.165) is 57.8 Å². The Hall–Kier alpha value is -1.85. The molecule has 1 atom stereocenters. The molecule has 0 fully saturated rings. The fourth-order valence-corrected chi connectivity index (χ4v) is 6.91. The molecule has 0 saturated carbocycles. The average Bonchev–Trinajstić information content (AvgIpc) is 3.17. The average molecular weight is 763 g/mol. The molecule has 1 unspecified atom stereocenters. The SMILES string of the molecule is CCCCCCCC/C=C\CCCCCCCCCCCC(=O)OCC(COC(=O)CCCCCCCCC)OC(=O)CCCCCCCCCCCC. The monoisotopic (exact) mass is 763 g/mol. The van der Waals surface area contributed by atoms with Crippen LogP contribution in [0.1, 0.15) is 258 Å². The number of rotatable bonds is 43.